The molecule has 0 atom stereocenters. The molecule has 3 amide bonds. The van der Waals surface area contributed by atoms with Crippen molar-refractivity contribution in [2.75, 3.05) is 18.0 Å². The third-order valence-corrected chi connectivity index (χ3v) is 3.18. The maximum atomic E-state index is 12.1. The molecule has 0 unspecified atom stereocenters. The monoisotopic (exact) mass is 266 g/mol. The van der Waals surface area contributed by atoms with Crippen LogP contribution in [0.1, 0.15) is 19.8 Å². The first-order valence-electron chi connectivity index (χ1n) is 6.01. The van der Waals surface area contributed by atoms with E-state index in [0.717, 1.165) is 12.8 Å². The van der Waals surface area contributed by atoms with Gasteiger partial charge in [0.25, 0.3) is 5.91 Å². The third-order valence-electron chi connectivity index (χ3n) is 2.93. The molecular weight excluding hydrogens is 252 g/mol. The van der Waals surface area contributed by atoms with Gasteiger partial charge in [-0.1, -0.05) is 24.9 Å². The van der Waals surface area contributed by atoms with Gasteiger partial charge in [-0.3, -0.25) is 14.6 Å². The summed E-state index contributed by atoms with van der Waals surface area (Å²) in [5, 5.41) is 0.611. The highest BCUT2D eigenvalue weighted by Crippen LogP contribution is 2.23. The molecule has 5 heteroatoms. The Kier molecular flexibility index (Phi) is 3.87. The number of carbonyl (C=O) groups is 2. The minimum Gasteiger partial charge on any atom is -0.285 e. The van der Waals surface area contributed by atoms with Crippen molar-refractivity contribution >= 4 is 29.2 Å². The number of rotatable bonds is 4. The Morgan fingerprint density at radius 1 is 1.22 bits per heavy atom. The van der Waals surface area contributed by atoms with Crippen LogP contribution in [0.15, 0.2) is 24.3 Å². The molecule has 0 bridgehead atoms. The number of halogens is 1. The van der Waals surface area contributed by atoms with Crippen LogP contribution in [0.3, 0.4) is 0 Å². The molecule has 1 saturated heterocycles. The van der Waals surface area contributed by atoms with E-state index in [1.165, 1.54) is 9.80 Å². The second-order valence-corrected chi connectivity index (χ2v) is 4.68. The molecule has 1 aliphatic rings. The second-order valence-electron chi connectivity index (χ2n) is 4.24. The van der Waals surface area contributed by atoms with Gasteiger partial charge >= 0.3 is 6.03 Å². The average molecular weight is 267 g/mol. The zero-order chi connectivity index (χ0) is 13.1. The fourth-order valence-electron chi connectivity index (χ4n) is 1.90. The molecule has 2 rings (SSSR count). The van der Waals surface area contributed by atoms with Gasteiger partial charge in [-0.2, -0.15) is 0 Å². The molecule has 0 aliphatic carbocycles. The van der Waals surface area contributed by atoms with Crippen molar-refractivity contribution in [1.82, 2.24) is 4.90 Å². The van der Waals surface area contributed by atoms with E-state index in [1.807, 2.05) is 6.92 Å². The first-order chi connectivity index (χ1) is 8.63. The van der Waals surface area contributed by atoms with Gasteiger partial charge in [0, 0.05) is 17.3 Å². The van der Waals surface area contributed by atoms with E-state index >= 15 is 0 Å². The summed E-state index contributed by atoms with van der Waals surface area (Å²) in [6.45, 7) is 2.64. The summed E-state index contributed by atoms with van der Waals surface area (Å²) in [7, 11) is 0. The molecule has 18 heavy (non-hydrogen) atoms. The van der Waals surface area contributed by atoms with E-state index in [9.17, 15) is 9.59 Å². The van der Waals surface area contributed by atoms with E-state index in [-0.39, 0.29) is 18.5 Å². The Morgan fingerprint density at radius 3 is 2.50 bits per heavy atom. The number of carbonyl (C=O) groups excluding carboxylic acids is 2. The fourth-order valence-corrected chi connectivity index (χ4v) is 2.03. The van der Waals surface area contributed by atoms with Crippen LogP contribution in [0.25, 0.3) is 0 Å². The van der Waals surface area contributed by atoms with Crippen molar-refractivity contribution in [3.63, 3.8) is 0 Å². The Hall–Kier alpha value is -1.55. The molecule has 4 nitrogen and oxygen atoms in total. The third kappa shape index (κ3) is 2.48. The first-order valence-corrected chi connectivity index (χ1v) is 6.38. The van der Waals surface area contributed by atoms with Gasteiger partial charge < -0.3 is 0 Å². The molecule has 0 spiro atoms. The molecule has 0 radical (unpaired) electrons. The number of imide groups is 1. The lowest BCUT2D eigenvalue weighted by atomic mass is 10.3. The average Bonchev–Trinajstić information content (AvgIpc) is 2.64. The van der Waals surface area contributed by atoms with Gasteiger partial charge in [-0.25, -0.2) is 4.79 Å². The number of hydrogen-bond acceptors (Lipinski definition) is 2. The van der Waals surface area contributed by atoms with Crippen molar-refractivity contribution in [3.8, 4) is 0 Å². The summed E-state index contributed by atoms with van der Waals surface area (Å²) in [5.41, 5.74) is 0.705. The van der Waals surface area contributed by atoms with Crippen LogP contribution in [0, 0.1) is 0 Å². The summed E-state index contributed by atoms with van der Waals surface area (Å²) >= 11 is 5.80. The number of anilines is 1. The standard InChI is InChI=1S/C13H15ClN2O2/c1-2-3-8-15-12(17)9-16(13(15)18)11-6-4-10(14)5-7-11/h4-7H,2-3,8-9H2,1H3. The van der Waals surface area contributed by atoms with E-state index in [1.54, 1.807) is 24.3 Å². The number of hydrogen-bond donors (Lipinski definition) is 0. The van der Waals surface area contributed by atoms with Crippen LogP contribution in [0.5, 0.6) is 0 Å². The molecule has 0 aromatic heterocycles. The zero-order valence-corrected chi connectivity index (χ0v) is 11.0. The minimum absolute atomic E-state index is 0.115. The molecule has 1 aromatic carbocycles. The minimum atomic E-state index is -0.240. The molecule has 1 heterocycles. The Morgan fingerprint density at radius 2 is 1.89 bits per heavy atom. The molecule has 1 aliphatic heterocycles. The number of amides is 3. The van der Waals surface area contributed by atoms with Gasteiger partial charge in [0.05, 0.1) is 0 Å². The lowest BCUT2D eigenvalue weighted by Gasteiger charge is -2.16. The van der Waals surface area contributed by atoms with Crippen LogP contribution in [0.4, 0.5) is 10.5 Å². The highest BCUT2D eigenvalue weighted by molar-refractivity contribution is 6.30. The van der Waals surface area contributed by atoms with Crippen molar-refractivity contribution < 1.29 is 9.59 Å². The van der Waals surface area contributed by atoms with E-state index in [0.29, 0.717) is 17.3 Å². The van der Waals surface area contributed by atoms with Crippen molar-refractivity contribution in [2.45, 2.75) is 19.8 Å². The highest BCUT2D eigenvalue weighted by Gasteiger charge is 2.36. The fraction of sp³-hybridized carbons (Fsp3) is 0.385. The van der Waals surface area contributed by atoms with E-state index in [2.05, 4.69) is 0 Å². The van der Waals surface area contributed by atoms with Crippen LogP contribution >= 0.6 is 11.6 Å². The quantitative estimate of drug-likeness (QED) is 0.786. The lowest BCUT2D eigenvalue weighted by Crippen LogP contribution is -2.33. The van der Waals surface area contributed by atoms with Crippen molar-refractivity contribution in [2.24, 2.45) is 0 Å². The van der Waals surface area contributed by atoms with Crippen LogP contribution in [0.2, 0.25) is 5.02 Å². The Balaban J connectivity index is 2.14. The van der Waals surface area contributed by atoms with E-state index < -0.39 is 0 Å². The van der Waals surface area contributed by atoms with Gasteiger partial charge in [0.2, 0.25) is 0 Å². The molecule has 0 N–H and O–H groups in total. The first kappa shape index (κ1) is 12.9. The Labute approximate surface area is 111 Å². The Bertz CT molecular complexity index is 459. The number of urea groups is 1. The summed E-state index contributed by atoms with van der Waals surface area (Å²) in [6.07, 6.45) is 1.80. The summed E-state index contributed by atoms with van der Waals surface area (Å²) in [4.78, 5) is 26.7. The molecule has 1 fully saturated rings. The van der Waals surface area contributed by atoms with Gasteiger partial charge in [-0.05, 0) is 30.7 Å². The second kappa shape index (κ2) is 5.40. The zero-order valence-electron chi connectivity index (χ0n) is 10.2. The van der Waals surface area contributed by atoms with Crippen molar-refractivity contribution in [3.05, 3.63) is 29.3 Å². The van der Waals surface area contributed by atoms with Gasteiger partial charge in [0.15, 0.2) is 0 Å². The van der Waals surface area contributed by atoms with Crippen LogP contribution < -0.4 is 4.90 Å². The predicted octanol–water partition coefficient (Wildman–Crippen LogP) is 2.91. The van der Waals surface area contributed by atoms with Crippen LogP contribution in [-0.4, -0.2) is 29.9 Å². The van der Waals surface area contributed by atoms with Crippen molar-refractivity contribution in [1.29, 1.82) is 0 Å². The summed E-state index contributed by atoms with van der Waals surface area (Å²) < 4.78 is 0. The summed E-state index contributed by atoms with van der Waals surface area (Å²) in [5.74, 6) is -0.136. The summed E-state index contributed by atoms with van der Waals surface area (Å²) in [6, 6.07) is 6.68. The maximum Gasteiger partial charge on any atom is 0.331 e. The topological polar surface area (TPSA) is 40.6 Å². The smallest absolute Gasteiger partial charge is 0.285 e. The molecule has 1 aromatic rings. The normalized spacial score (nSPS) is 15.7. The lowest BCUT2D eigenvalue weighted by molar-refractivity contribution is -0.124. The number of benzene rings is 1. The largest absolute Gasteiger partial charge is 0.331 e. The van der Waals surface area contributed by atoms with Gasteiger partial charge in [0.1, 0.15) is 6.54 Å². The highest BCUT2D eigenvalue weighted by atomic mass is 35.5. The number of unbranched alkanes of at least 4 members (excludes halogenated alkanes) is 1. The van der Waals surface area contributed by atoms with Crippen LogP contribution in [-0.2, 0) is 4.79 Å². The predicted molar refractivity (Wildman–Crippen MR) is 70.8 cm³/mol. The molecule has 0 saturated carbocycles. The van der Waals surface area contributed by atoms with E-state index in [4.69, 9.17) is 11.6 Å². The SMILES string of the molecule is CCCCN1C(=O)CN(c2ccc(Cl)cc2)C1=O. The molecule has 96 valence electrons. The molecular formula is C13H15ClN2O2. The van der Waals surface area contributed by atoms with Gasteiger partial charge in [-0.15, -0.1) is 0 Å². The maximum absolute atomic E-state index is 12.1. The number of nitrogens with zero attached hydrogens (tertiary/aromatic N) is 2.